The molecule has 2 unspecified atom stereocenters. The SMILES string of the molecule is COc1cc2c(cc1OC(C)C)C(c1ccc(Cl)cc1)N(c1ccc(C(C)(O)C3CCOCC3)cc1OC)C(=O)C2. The first kappa shape index (κ1) is 29.2. The van der Waals surface area contributed by atoms with E-state index in [0.29, 0.717) is 41.2 Å². The van der Waals surface area contributed by atoms with Crippen molar-refractivity contribution in [2.45, 2.75) is 57.8 Å². The molecule has 1 amide bonds. The summed E-state index contributed by atoms with van der Waals surface area (Å²) >= 11 is 6.26. The largest absolute Gasteiger partial charge is 0.495 e. The summed E-state index contributed by atoms with van der Waals surface area (Å²) in [7, 11) is 3.19. The van der Waals surface area contributed by atoms with Gasteiger partial charge >= 0.3 is 0 Å². The number of hydrogen-bond acceptors (Lipinski definition) is 6. The summed E-state index contributed by atoms with van der Waals surface area (Å²) in [4.78, 5) is 15.8. The van der Waals surface area contributed by atoms with Crippen LogP contribution in [0.5, 0.6) is 17.2 Å². The topological polar surface area (TPSA) is 77.5 Å². The Morgan fingerprint density at radius 2 is 1.66 bits per heavy atom. The molecule has 2 heterocycles. The van der Waals surface area contributed by atoms with Gasteiger partial charge in [-0.15, -0.1) is 0 Å². The molecule has 1 saturated heterocycles. The zero-order chi connectivity index (χ0) is 29.3. The molecule has 0 bridgehead atoms. The Kier molecular flexibility index (Phi) is 8.50. The Hall–Kier alpha value is -3.26. The third kappa shape index (κ3) is 5.76. The van der Waals surface area contributed by atoms with Crippen molar-refractivity contribution < 1.29 is 28.8 Å². The van der Waals surface area contributed by atoms with Gasteiger partial charge in [0.25, 0.3) is 0 Å². The van der Waals surface area contributed by atoms with Gasteiger partial charge < -0.3 is 24.1 Å². The van der Waals surface area contributed by atoms with Gasteiger partial charge in [-0.1, -0.05) is 29.8 Å². The van der Waals surface area contributed by atoms with Crippen LogP contribution in [0.15, 0.2) is 54.6 Å². The van der Waals surface area contributed by atoms with E-state index in [1.54, 1.807) is 19.1 Å². The number of carbonyl (C=O) groups excluding carboxylic acids is 1. The number of aliphatic hydroxyl groups is 1. The molecule has 0 spiro atoms. The molecule has 2 atom stereocenters. The quantitative estimate of drug-likeness (QED) is 0.330. The van der Waals surface area contributed by atoms with Crippen molar-refractivity contribution in [1.29, 1.82) is 0 Å². The first-order chi connectivity index (χ1) is 19.6. The lowest BCUT2D eigenvalue weighted by Crippen LogP contribution is -2.41. The summed E-state index contributed by atoms with van der Waals surface area (Å²) in [5.41, 5.74) is 3.00. The van der Waals surface area contributed by atoms with Crippen molar-refractivity contribution in [3.8, 4) is 17.2 Å². The molecular formula is C33H38ClNO6. The van der Waals surface area contributed by atoms with Crippen LogP contribution < -0.4 is 19.1 Å². The number of halogens is 1. The van der Waals surface area contributed by atoms with Gasteiger partial charge in [0.2, 0.25) is 5.91 Å². The van der Waals surface area contributed by atoms with Gasteiger partial charge in [0.05, 0.1) is 44.1 Å². The predicted molar refractivity (Wildman–Crippen MR) is 159 cm³/mol. The number of anilines is 1. The van der Waals surface area contributed by atoms with Crippen LogP contribution in [0.1, 0.15) is 61.9 Å². The molecule has 7 nitrogen and oxygen atoms in total. The smallest absolute Gasteiger partial charge is 0.232 e. The number of carbonyl (C=O) groups is 1. The van der Waals surface area contributed by atoms with Crippen molar-refractivity contribution in [2.75, 3.05) is 32.3 Å². The summed E-state index contributed by atoms with van der Waals surface area (Å²) in [5, 5.41) is 12.2. The number of ether oxygens (including phenoxy) is 4. The highest BCUT2D eigenvalue weighted by Crippen LogP contribution is 2.47. The molecular weight excluding hydrogens is 542 g/mol. The molecule has 5 rings (SSSR count). The molecule has 41 heavy (non-hydrogen) atoms. The van der Waals surface area contributed by atoms with Crippen molar-refractivity contribution in [3.63, 3.8) is 0 Å². The molecule has 218 valence electrons. The first-order valence-corrected chi connectivity index (χ1v) is 14.5. The van der Waals surface area contributed by atoms with Crippen LogP contribution in [-0.4, -0.2) is 44.6 Å². The number of amides is 1. The maximum absolute atomic E-state index is 14.0. The number of methoxy groups -OCH3 is 2. The fourth-order valence-corrected chi connectivity index (χ4v) is 6.12. The molecule has 0 aromatic heterocycles. The zero-order valence-electron chi connectivity index (χ0n) is 24.3. The Balaban J connectivity index is 1.64. The number of nitrogens with zero attached hydrogens (tertiary/aromatic N) is 1. The van der Waals surface area contributed by atoms with Gasteiger partial charge in [0, 0.05) is 18.2 Å². The second-order valence-corrected chi connectivity index (χ2v) is 11.6. The van der Waals surface area contributed by atoms with Gasteiger partial charge in [-0.25, -0.2) is 0 Å². The summed E-state index contributed by atoms with van der Waals surface area (Å²) in [6.07, 6.45) is 1.68. The summed E-state index contributed by atoms with van der Waals surface area (Å²) < 4.78 is 23.1. The van der Waals surface area contributed by atoms with Crippen molar-refractivity contribution >= 4 is 23.2 Å². The minimum atomic E-state index is -1.07. The Morgan fingerprint density at radius 1 is 0.976 bits per heavy atom. The molecule has 3 aromatic carbocycles. The van der Waals surface area contributed by atoms with Crippen molar-refractivity contribution in [3.05, 3.63) is 81.9 Å². The van der Waals surface area contributed by atoms with Crippen LogP contribution >= 0.6 is 11.6 Å². The van der Waals surface area contributed by atoms with E-state index in [9.17, 15) is 9.90 Å². The molecule has 1 fully saturated rings. The van der Waals surface area contributed by atoms with Gasteiger partial charge in [0.15, 0.2) is 11.5 Å². The number of rotatable bonds is 8. The normalized spacial score (nSPS) is 19.1. The van der Waals surface area contributed by atoms with Crippen LogP contribution in [0.2, 0.25) is 5.02 Å². The summed E-state index contributed by atoms with van der Waals surface area (Å²) in [6, 6.07) is 16.6. The maximum Gasteiger partial charge on any atom is 0.232 e. The molecule has 0 saturated carbocycles. The minimum Gasteiger partial charge on any atom is -0.495 e. The number of hydrogen-bond donors (Lipinski definition) is 1. The average molecular weight is 580 g/mol. The molecule has 3 aromatic rings. The van der Waals surface area contributed by atoms with Crippen molar-refractivity contribution in [1.82, 2.24) is 0 Å². The molecule has 0 aliphatic carbocycles. The Labute approximate surface area is 246 Å². The van der Waals surface area contributed by atoms with E-state index in [0.717, 1.165) is 35.1 Å². The van der Waals surface area contributed by atoms with E-state index in [-0.39, 0.29) is 24.3 Å². The summed E-state index contributed by atoms with van der Waals surface area (Å²) in [5.74, 6) is 1.69. The lowest BCUT2D eigenvalue weighted by atomic mass is 9.78. The van der Waals surface area contributed by atoms with Gasteiger partial charge in [0.1, 0.15) is 5.75 Å². The van der Waals surface area contributed by atoms with Crippen LogP contribution in [-0.2, 0) is 21.6 Å². The maximum atomic E-state index is 14.0. The van der Waals surface area contributed by atoms with E-state index < -0.39 is 11.6 Å². The highest BCUT2D eigenvalue weighted by atomic mass is 35.5. The fraction of sp³-hybridized carbons (Fsp3) is 0.424. The van der Waals surface area contributed by atoms with Crippen LogP contribution in [0, 0.1) is 5.92 Å². The average Bonchev–Trinajstić information content (AvgIpc) is 2.97. The molecule has 8 heteroatoms. The second-order valence-electron chi connectivity index (χ2n) is 11.2. The Morgan fingerprint density at radius 3 is 2.29 bits per heavy atom. The first-order valence-electron chi connectivity index (χ1n) is 14.1. The third-order valence-electron chi connectivity index (χ3n) is 8.18. The highest BCUT2D eigenvalue weighted by molar-refractivity contribution is 6.30. The number of fused-ring (bicyclic) bond motifs is 1. The van der Waals surface area contributed by atoms with Crippen LogP contribution in [0.25, 0.3) is 0 Å². The fourth-order valence-electron chi connectivity index (χ4n) is 6.00. The molecule has 2 aliphatic rings. The third-order valence-corrected chi connectivity index (χ3v) is 8.43. The van der Waals surface area contributed by atoms with Gasteiger partial charge in [-0.05, 0) is 98.2 Å². The standard InChI is InChI=1S/C33H38ClNO6/c1-20(2)41-30-19-26-22(16-29(30)39-5)17-31(36)35(32(26)21-6-9-25(34)10-7-21)27-11-8-24(18-28(27)38-4)33(3,37)23-12-14-40-15-13-23/h6-11,16,18-20,23,32,37H,12-15,17H2,1-5H3. The second kappa shape index (κ2) is 11.9. The zero-order valence-corrected chi connectivity index (χ0v) is 25.0. The van der Waals surface area contributed by atoms with Crippen LogP contribution in [0.4, 0.5) is 5.69 Å². The monoisotopic (exact) mass is 579 g/mol. The van der Waals surface area contributed by atoms with Crippen molar-refractivity contribution in [2.24, 2.45) is 5.92 Å². The number of benzene rings is 3. The molecule has 1 N–H and O–H groups in total. The molecule has 0 radical (unpaired) electrons. The highest BCUT2D eigenvalue weighted by Gasteiger charge is 2.39. The van der Waals surface area contributed by atoms with E-state index >= 15 is 0 Å². The van der Waals surface area contributed by atoms with Gasteiger partial charge in [-0.2, -0.15) is 0 Å². The minimum absolute atomic E-state index is 0.0616. The summed E-state index contributed by atoms with van der Waals surface area (Å²) in [6.45, 7) is 7.04. The Bertz CT molecular complexity index is 1400. The van der Waals surface area contributed by atoms with E-state index in [1.165, 1.54) is 0 Å². The van der Waals surface area contributed by atoms with E-state index in [2.05, 4.69) is 0 Å². The van der Waals surface area contributed by atoms with Crippen LogP contribution in [0.3, 0.4) is 0 Å². The van der Waals surface area contributed by atoms with Gasteiger partial charge in [-0.3, -0.25) is 9.69 Å². The van der Waals surface area contributed by atoms with E-state index in [4.69, 9.17) is 30.5 Å². The lowest BCUT2D eigenvalue weighted by molar-refractivity contribution is -0.118. The van der Waals surface area contributed by atoms with E-state index in [1.807, 2.05) is 75.4 Å². The lowest BCUT2D eigenvalue weighted by Gasteiger charge is -2.39. The predicted octanol–water partition coefficient (Wildman–Crippen LogP) is 6.46. The molecule has 2 aliphatic heterocycles.